The van der Waals surface area contributed by atoms with Crippen molar-refractivity contribution in [2.75, 3.05) is 5.32 Å². The molecular weight excluding hydrogens is 386 g/mol. The number of nitrogens with one attached hydrogen (secondary N) is 1. The van der Waals surface area contributed by atoms with Gasteiger partial charge in [-0.15, -0.1) is 0 Å². The summed E-state index contributed by atoms with van der Waals surface area (Å²) in [6.45, 7) is 0.261. The summed E-state index contributed by atoms with van der Waals surface area (Å²) in [5.74, 6) is -0.746. The van der Waals surface area contributed by atoms with Crippen LogP contribution in [-0.4, -0.2) is 11.1 Å². The third kappa shape index (κ3) is 4.18. The summed E-state index contributed by atoms with van der Waals surface area (Å²) in [6.07, 6.45) is 0. The number of anilines is 2. The lowest BCUT2D eigenvalue weighted by Crippen LogP contribution is -2.04. The van der Waals surface area contributed by atoms with Gasteiger partial charge in [0.2, 0.25) is 0 Å². The molecule has 0 aliphatic carbocycles. The number of carboxylic acids is 1. The van der Waals surface area contributed by atoms with Gasteiger partial charge in [-0.05, 0) is 40.6 Å². The average Bonchev–Trinajstić information content (AvgIpc) is 2.74. The third-order valence-electron chi connectivity index (χ3n) is 4.63. The minimum Gasteiger partial charge on any atom is -0.488 e. The molecule has 4 nitrogen and oxygen atoms in total. The molecule has 144 valence electrons. The molecule has 0 spiro atoms. The van der Waals surface area contributed by atoms with Crippen LogP contribution in [-0.2, 0) is 6.61 Å². The van der Waals surface area contributed by atoms with Crippen LogP contribution in [0.15, 0.2) is 84.9 Å². The Balaban J connectivity index is 1.63. The first-order valence-corrected chi connectivity index (χ1v) is 9.48. The van der Waals surface area contributed by atoms with Gasteiger partial charge in [-0.2, -0.15) is 0 Å². The zero-order valence-electron chi connectivity index (χ0n) is 15.4. The van der Waals surface area contributed by atoms with Crippen molar-refractivity contribution in [3.8, 4) is 5.75 Å². The van der Waals surface area contributed by atoms with Crippen LogP contribution >= 0.6 is 11.6 Å². The molecule has 0 amide bonds. The standard InChI is InChI=1S/C24H18ClNO3/c25-21-10-3-4-11-22(21)26-18-12-13-20(24(27)28)23(14-18)29-15-17-8-5-7-16-6-1-2-9-19(16)17/h1-14,26H,15H2,(H,27,28). The molecule has 4 aromatic rings. The molecule has 29 heavy (non-hydrogen) atoms. The minimum absolute atomic E-state index is 0.106. The Bertz CT molecular complexity index is 1180. The quantitative estimate of drug-likeness (QED) is 0.385. The number of carbonyl (C=O) groups is 1. The number of hydrogen-bond donors (Lipinski definition) is 2. The van der Waals surface area contributed by atoms with Crippen LogP contribution in [0.5, 0.6) is 5.75 Å². The number of para-hydroxylation sites is 1. The molecule has 5 heteroatoms. The fourth-order valence-corrected chi connectivity index (χ4v) is 3.37. The maximum absolute atomic E-state index is 11.6. The summed E-state index contributed by atoms with van der Waals surface area (Å²) in [7, 11) is 0. The highest BCUT2D eigenvalue weighted by Gasteiger charge is 2.13. The predicted molar refractivity (Wildman–Crippen MR) is 116 cm³/mol. The first-order chi connectivity index (χ1) is 14.1. The molecule has 0 saturated carbocycles. The van der Waals surface area contributed by atoms with Crippen molar-refractivity contribution < 1.29 is 14.6 Å². The molecule has 0 aliphatic heterocycles. The third-order valence-corrected chi connectivity index (χ3v) is 4.96. The highest BCUT2D eigenvalue weighted by atomic mass is 35.5. The van der Waals surface area contributed by atoms with E-state index in [0.29, 0.717) is 16.5 Å². The van der Waals surface area contributed by atoms with Gasteiger partial charge in [0.05, 0.1) is 10.7 Å². The van der Waals surface area contributed by atoms with Gasteiger partial charge in [0.1, 0.15) is 17.9 Å². The van der Waals surface area contributed by atoms with Crippen molar-refractivity contribution >= 4 is 39.7 Å². The van der Waals surface area contributed by atoms with Gasteiger partial charge in [0.25, 0.3) is 0 Å². The zero-order valence-corrected chi connectivity index (χ0v) is 16.2. The molecule has 2 N–H and O–H groups in total. The first kappa shape index (κ1) is 18.8. The lowest BCUT2D eigenvalue weighted by atomic mass is 10.1. The van der Waals surface area contributed by atoms with E-state index < -0.39 is 5.97 Å². The van der Waals surface area contributed by atoms with E-state index in [1.54, 1.807) is 18.2 Å². The average molecular weight is 404 g/mol. The molecule has 0 fully saturated rings. The van der Waals surface area contributed by atoms with E-state index in [1.165, 1.54) is 6.07 Å². The van der Waals surface area contributed by atoms with Crippen molar-refractivity contribution in [3.63, 3.8) is 0 Å². The van der Waals surface area contributed by atoms with Gasteiger partial charge in [0, 0.05) is 11.8 Å². The minimum atomic E-state index is -1.04. The van der Waals surface area contributed by atoms with Gasteiger partial charge in [-0.3, -0.25) is 0 Å². The number of fused-ring (bicyclic) bond motifs is 1. The lowest BCUT2D eigenvalue weighted by molar-refractivity contribution is 0.0692. The van der Waals surface area contributed by atoms with E-state index in [0.717, 1.165) is 22.0 Å². The molecule has 0 atom stereocenters. The Morgan fingerprint density at radius 3 is 2.52 bits per heavy atom. The van der Waals surface area contributed by atoms with Crippen molar-refractivity contribution in [1.29, 1.82) is 0 Å². The molecule has 4 aromatic carbocycles. The van der Waals surface area contributed by atoms with E-state index in [-0.39, 0.29) is 12.2 Å². The lowest BCUT2D eigenvalue weighted by Gasteiger charge is -2.14. The van der Waals surface area contributed by atoms with Crippen LogP contribution < -0.4 is 10.1 Å². The summed E-state index contributed by atoms with van der Waals surface area (Å²) in [5, 5.41) is 15.5. The number of hydrogen-bond acceptors (Lipinski definition) is 3. The van der Waals surface area contributed by atoms with E-state index in [2.05, 4.69) is 5.32 Å². The second-order valence-corrected chi connectivity index (χ2v) is 6.96. The van der Waals surface area contributed by atoms with Crippen molar-refractivity contribution in [1.82, 2.24) is 0 Å². The number of aromatic carboxylic acids is 1. The normalized spacial score (nSPS) is 10.7. The highest BCUT2D eigenvalue weighted by molar-refractivity contribution is 6.33. The van der Waals surface area contributed by atoms with E-state index in [4.69, 9.17) is 16.3 Å². The Hall–Kier alpha value is -3.50. The number of halogens is 1. The van der Waals surface area contributed by atoms with Gasteiger partial charge < -0.3 is 15.2 Å². The molecule has 0 radical (unpaired) electrons. The molecule has 0 saturated heterocycles. The second kappa shape index (κ2) is 8.25. The molecule has 4 rings (SSSR count). The number of rotatable bonds is 6. The Kier molecular flexibility index (Phi) is 5.36. The van der Waals surface area contributed by atoms with Crippen LogP contribution in [0.1, 0.15) is 15.9 Å². The molecule has 0 bridgehead atoms. The second-order valence-electron chi connectivity index (χ2n) is 6.55. The Labute approximate surface area is 173 Å². The Morgan fingerprint density at radius 1 is 0.931 bits per heavy atom. The number of benzene rings is 4. The Morgan fingerprint density at radius 2 is 1.69 bits per heavy atom. The summed E-state index contributed by atoms with van der Waals surface area (Å²) >= 11 is 6.20. The fraction of sp³-hybridized carbons (Fsp3) is 0.0417. The van der Waals surface area contributed by atoms with Gasteiger partial charge in [-0.1, -0.05) is 66.2 Å². The number of ether oxygens (including phenoxy) is 1. The molecule has 0 unspecified atom stereocenters. The summed E-state index contributed by atoms with van der Waals surface area (Å²) in [6, 6.07) is 26.3. The van der Waals surface area contributed by atoms with Crippen molar-refractivity contribution in [2.45, 2.75) is 6.61 Å². The molecular formula is C24H18ClNO3. The van der Waals surface area contributed by atoms with Crippen LogP contribution in [0.4, 0.5) is 11.4 Å². The van der Waals surface area contributed by atoms with E-state index >= 15 is 0 Å². The highest BCUT2D eigenvalue weighted by Crippen LogP contribution is 2.30. The van der Waals surface area contributed by atoms with E-state index in [9.17, 15) is 9.90 Å². The van der Waals surface area contributed by atoms with Crippen molar-refractivity contribution in [3.05, 3.63) is 101 Å². The van der Waals surface area contributed by atoms with Crippen molar-refractivity contribution in [2.24, 2.45) is 0 Å². The van der Waals surface area contributed by atoms with Gasteiger partial charge >= 0.3 is 5.97 Å². The topological polar surface area (TPSA) is 58.6 Å². The smallest absolute Gasteiger partial charge is 0.339 e. The fourth-order valence-electron chi connectivity index (χ4n) is 3.19. The van der Waals surface area contributed by atoms with Crippen LogP contribution in [0.2, 0.25) is 5.02 Å². The van der Waals surface area contributed by atoms with Crippen LogP contribution in [0, 0.1) is 0 Å². The number of carboxylic acid groups (broad SMARTS) is 1. The summed E-state index contributed by atoms with van der Waals surface area (Å²) < 4.78 is 5.95. The zero-order chi connectivity index (χ0) is 20.2. The maximum Gasteiger partial charge on any atom is 0.339 e. The predicted octanol–water partition coefficient (Wildman–Crippen LogP) is 6.51. The summed E-state index contributed by atoms with van der Waals surface area (Å²) in [4.78, 5) is 11.6. The van der Waals surface area contributed by atoms with Crippen LogP contribution in [0.25, 0.3) is 10.8 Å². The SMILES string of the molecule is O=C(O)c1ccc(Nc2ccccc2Cl)cc1OCc1cccc2ccccc12. The van der Waals surface area contributed by atoms with Gasteiger partial charge in [-0.25, -0.2) is 4.79 Å². The van der Waals surface area contributed by atoms with Gasteiger partial charge in [0.15, 0.2) is 0 Å². The molecule has 0 aromatic heterocycles. The first-order valence-electron chi connectivity index (χ1n) is 9.10. The summed E-state index contributed by atoms with van der Waals surface area (Å²) in [5.41, 5.74) is 2.52. The molecule has 0 aliphatic rings. The molecule has 0 heterocycles. The van der Waals surface area contributed by atoms with E-state index in [1.807, 2.05) is 60.7 Å². The maximum atomic E-state index is 11.6. The monoisotopic (exact) mass is 403 g/mol. The largest absolute Gasteiger partial charge is 0.488 e. The van der Waals surface area contributed by atoms with Crippen LogP contribution in [0.3, 0.4) is 0 Å².